The highest BCUT2D eigenvalue weighted by molar-refractivity contribution is 5.98. The molecular weight excluding hydrogens is 415 g/mol. The van der Waals surface area contributed by atoms with Crippen LogP contribution in [0.5, 0.6) is 0 Å². The molecule has 2 aliphatic rings. The van der Waals surface area contributed by atoms with Crippen LogP contribution in [0.4, 0.5) is 13.2 Å². The van der Waals surface area contributed by atoms with Crippen LogP contribution in [0.3, 0.4) is 0 Å². The third-order valence-corrected chi connectivity index (χ3v) is 6.29. The summed E-state index contributed by atoms with van der Waals surface area (Å²) in [5.41, 5.74) is 3.75. The summed E-state index contributed by atoms with van der Waals surface area (Å²) in [6.07, 6.45) is 4.95. The van der Waals surface area contributed by atoms with Gasteiger partial charge in [0.15, 0.2) is 0 Å². The van der Waals surface area contributed by atoms with Gasteiger partial charge >= 0.3 is 0 Å². The second-order valence-corrected chi connectivity index (χ2v) is 8.31. The zero-order chi connectivity index (χ0) is 22.2. The molecule has 5 rings (SSSR count). The summed E-state index contributed by atoms with van der Waals surface area (Å²) in [4.78, 5) is 20.1. The van der Waals surface area contributed by atoms with Crippen molar-refractivity contribution in [2.45, 2.75) is 19.3 Å². The minimum atomic E-state index is -0.606. The summed E-state index contributed by atoms with van der Waals surface area (Å²) < 4.78 is 42.0. The number of rotatable bonds is 5. The van der Waals surface area contributed by atoms with Gasteiger partial charge in [-0.1, -0.05) is 12.1 Å². The van der Waals surface area contributed by atoms with Crippen molar-refractivity contribution in [2.24, 2.45) is 11.8 Å². The van der Waals surface area contributed by atoms with Crippen molar-refractivity contribution in [1.82, 2.24) is 15.3 Å². The number of fused-ring (bicyclic) bond motifs is 1. The first-order chi connectivity index (χ1) is 15.5. The maximum Gasteiger partial charge on any atom is 0.289 e. The summed E-state index contributed by atoms with van der Waals surface area (Å²) in [5.74, 6) is -1.34. The van der Waals surface area contributed by atoms with E-state index in [1.807, 2.05) is 0 Å². The monoisotopic (exact) mass is 435 g/mol. The number of carbonyl (C=O) groups is 1. The number of carbonyl (C=O) groups excluding carboxylic acids is 1. The maximum absolute atomic E-state index is 14.5. The Morgan fingerprint density at radius 1 is 1.00 bits per heavy atom. The molecule has 0 saturated heterocycles. The normalized spacial score (nSPS) is 19.5. The Morgan fingerprint density at radius 3 is 2.44 bits per heavy atom. The smallest absolute Gasteiger partial charge is 0.289 e. The molecular formula is C25H20F3N3O. The topological polar surface area (TPSA) is 54.9 Å². The summed E-state index contributed by atoms with van der Waals surface area (Å²) in [6.45, 7) is 0.483. The first kappa shape index (κ1) is 20.4. The molecule has 0 radical (unpaired) electrons. The van der Waals surface area contributed by atoms with Crippen LogP contribution in [0.15, 0.2) is 54.9 Å². The van der Waals surface area contributed by atoms with Crippen molar-refractivity contribution in [3.05, 3.63) is 94.8 Å². The van der Waals surface area contributed by atoms with E-state index in [0.717, 1.165) is 35.6 Å². The molecule has 1 saturated carbocycles. The number of benzene rings is 2. The predicted octanol–water partition coefficient (Wildman–Crippen LogP) is 4.82. The van der Waals surface area contributed by atoms with Gasteiger partial charge in [-0.3, -0.25) is 4.79 Å². The standard InChI is InChI=1S/C25H20F3N3O/c26-17-4-2-15(3-5-17)19-12-20-21(10-18(27)11-22(20)28)23(19)16-8-14(9-16)13-31-25(32)24-29-6-1-7-30-24/h1-7,10-11,14,16H,8-9,12-13H2,(H,31,32). The minimum Gasteiger partial charge on any atom is -0.349 e. The number of hydrogen-bond acceptors (Lipinski definition) is 3. The van der Waals surface area contributed by atoms with Crippen molar-refractivity contribution in [1.29, 1.82) is 0 Å². The molecule has 1 N–H and O–H groups in total. The first-order valence-electron chi connectivity index (χ1n) is 10.5. The number of allylic oxidation sites excluding steroid dienone is 2. The van der Waals surface area contributed by atoms with Crippen LogP contribution >= 0.6 is 0 Å². The number of aromatic nitrogens is 2. The van der Waals surface area contributed by atoms with E-state index in [9.17, 15) is 18.0 Å². The van der Waals surface area contributed by atoms with E-state index in [4.69, 9.17) is 0 Å². The van der Waals surface area contributed by atoms with Gasteiger partial charge in [0.1, 0.15) is 17.5 Å². The highest BCUT2D eigenvalue weighted by Crippen LogP contribution is 2.51. The molecule has 162 valence electrons. The second kappa shape index (κ2) is 8.22. The minimum absolute atomic E-state index is 0.118. The molecule has 1 amide bonds. The lowest BCUT2D eigenvalue weighted by atomic mass is 9.69. The zero-order valence-electron chi connectivity index (χ0n) is 17.1. The molecule has 7 heteroatoms. The van der Waals surface area contributed by atoms with Crippen LogP contribution in [-0.2, 0) is 6.42 Å². The van der Waals surface area contributed by atoms with Gasteiger partial charge in [-0.15, -0.1) is 0 Å². The first-order valence-corrected chi connectivity index (χ1v) is 10.5. The number of hydrogen-bond donors (Lipinski definition) is 1. The van der Waals surface area contributed by atoms with E-state index in [-0.39, 0.29) is 29.4 Å². The summed E-state index contributed by atoms with van der Waals surface area (Å²) in [6, 6.07) is 10.1. The van der Waals surface area contributed by atoms with Crippen LogP contribution in [0.25, 0.3) is 11.1 Å². The Labute approximate surface area is 183 Å². The quantitative estimate of drug-likeness (QED) is 0.625. The van der Waals surface area contributed by atoms with Crippen molar-refractivity contribution in [3.63, 3.8) is 0 Å². The number of amides is 1. The number of halogens is 3. The number of nitrogens with zero attached hydrogens (tertiary/aromatic N) is 2. The van der Waals surface area contributed by atoms with Crippen molar-refractivity contribution < 1.29 is 18.0 Å². The highest BCUT2D eigenvalue weighted by Gasteiger charge is 2.38. The molecule has 0 unspecified atom stereocenters. The second-order valence-electron chi connectivity index (χ2n) is 8.31. The van der Waals surface area contributed by atoms with E-state index < -0.39 is 11.6 Å². The summed E-state index contributed by atoms with van der Waals surface area (Å²) in [7, 11) is 0. The molecule has 0 atom stereocenters. The zero-order valence-corrected chi connectivity index (χ0v) is 17.1. The molecule has 1 aromatic heterocycles. The molecule has 0 spiro atoms. The van der Waals surface area contributed by atoms with Crippen LogP contribution in [0.2, 0.25) is 0 Å². The fourth-order valence-corrected chi connectivity index (χ4v) is 4.70. The van der Waals surface area contributed by atoms with Crippen LogP contribution < -0.4 is 5.32 Å². The third kappa shape index (κ3) is 3.79. The number of nitrogens with one attached hydrogen (secondary N) is 1. The van der Waals surface area contributed by atoms with Gasteiger partial charge in [0.25, 0.3) is 5.91 Å². The maximum atomic E-state index is 14.5. The molecule has 1 fully saturated rings. The lowest BCUT2D eigenvalue weighted by Gasteiger charge is -2.37. The average molecular weight is 435 g/mol. The van der Waals surface area contributed by atoms with Gasteiger partial charge in [-0.25, -0.2) is 23.1 Å². The van der Waals surface area contributed by atoms with E-state index in [0.29, 0.717) is 24.1 Å². The SMILES string of the molecule is O=C(NCC1CC(C2=C(c3ccc(F)cc3)Cc3c(F)cc(F)cc32)C1)c1ncccn1. The fourth-order valence-electron chi connectivity index (χ4n) is 4.70. The van der Waals surface area contributed by atoms with Gasteiger partial charge in [0, 0.05) is 31.4 Å². The molecule has 32 heavy (non-hydrogen) atoms. The largest absolute Gasteiger partial charge is 0.349 e. The van der Waals surface area contributed by atoms with Crippen LogP contribution in [0.1, 0.15) is 40.2 Å². The third-order valence-electron chi connectivity index (χ3n) is 6.29. The molecule has 0 aliphatic heterocycles. The molecule has 2 aliphatic carbocycles. The molecule has 3 aromatic rings. The Morgan fingerprint density at radius 2 is 1.72 bits per heavy atom. The molecule has 4 nitrogen and oxygen atoms in total. The van der Waals surface area contributed by atoms with Crippen LogP contribution in [-0.4, -0.2) is 22.4 Å². The van der Waals surface area contributed by atoms with Gasteiger partial charge in [-0.05, 0) is 76.8 Å². The Hall–Kier alpha value is -3.48. The van der Waals surface area contributed by atoms with E-state index in [2.05, 4.69) is 15.3 Å². The van der Waals surface area contributed by atoms with Crippen molar-refractivity contribution in [2.75, 3.05) is 6.54 Å². The van der Waals surface area contributed by atoms with E-state index >= 15 is 0 Å². The Balaban J connectivity index is 1.35. The van der Waals surface area contributed by atoms with Gasteiger partial charge < -0.3 is 5.32 Å². The average Bonchev–Trinajstić information content (AvgIpc) is 3.13. The van der Waals surface area contributed by atoms with E-state index in [1.165, 1.54) is 30.6 Å². The lowest BCUT2D eigenvalue weighted by Crippen LogP contribution is -2.37. The van der Waals surface area contributed by atoms with Crippen molar-refractivity contribution >= 4 is 17.1 Å². The fraction of sp³-hybridized carbons (Fsp3) is 0.240. The van der Waals surface area contributed by atoms with Gasteiger partial charge in [0.2, 0.25) is 5.82 Å². The highest BCUT2D eigenvalue weighted by atomic mass is 19.1. The lowest BCUT2D eigenvalue weighted by molar-refractivity contribution is 0.0922. The van der Waals surface area contributed by atoms with Gasteiger partial charge in [-0.2, -0.15) is 0 Å². The Bertz CT molecular complexity index is 1200. The summed E-state index contributed by atoms with van der Waals surface area (Å²) in [5, 5.41) is 2.86. The van der Waals surface area contributed by atoms with Crippen molar-refractivity contribution in [3.8, 4) is 0 Å². The van der Waals surface area contributed by atoms with Gasteiger partial charge in [0.05, 0.1) is 0 Å². The molecule has 1 heterocycles. The predicted molar refractivity (Wildman–Crippen MR) is 114 cm³/mol. The Kier molecular flexibility index (Phi) is 5.25. The molecule has 2 aromatic carbocycles. The van der Waals surface area contributed by atoms with Crippen LogP contribution in [0, 0.1) is 29.3 Å². The molecule has 0 bridgehead atoms. The summed E-state index contributed by atoms with van der Waals surface area (Å²) >= 11 is 0. The van der Waals surface area contributed by atoms with E-state index in [1.54, 1.807) is 18.2 Å².